The summed E-state index contributed by atoms with van der Waals surface area (Å²) in [5.41, 5.74) is 0. The third kappa shape index (κ3) is 2.22. The fourth-order valence-electron chi connectivity index (χ4n) is 3.38. The van der Waals surface area contributed by atoms with E-state index >= 15 is 0 Å². The average molecular weight is 298 g/mol. The van der Waals surface area contributed by atoms with Gasteiger partial charge < -0.3 is 14.5 Å². The SMILES string of the molecule is CCC1CN(C(=O)C2CSC3(C)CCC(=O)N23)CCO1. The number of rotatable bonds is 2. The smallest absolute Gasteiger partial charge is 0.246 e. The maximum absolute atomic E-state index is 12.8. The molecule has 0 aromatic heterocycles. The average Bonchev–Trinajstić information content (AvgIpc) is 2.95. The van der Waals surface area contributed by atoms with E-state index in [2.05, 4.69) is 13.8 Å². The highest BCUT2D eigenvalue weighted by molar-refractivity contribution is 8.01. The predicted octanol–water partition coefficient (Wildman–Crippen LogP) is 1.08. The molecule has 0 bridgehead atoms. The van der Waals surface area contributed by atoms with Crippen LogP contribution in [0.3, 0.4) is 0 Å². The van der Waals surface area contributed by atoms with Crippen LogP contribution in [0.5, 0.6) is 0 Å². The van der Waals surface area contributed by atoms with Gasteiger partial charge in [0.05, 0.1) is 17.6 Å². The van der Waals surface area contributed by atoms with Crippen molar-refractivity contribution in [3.63, 3.8) is 0 Å². The highest BCUT2D eigenvalue weighted by atomic mass is 32.2. The molecular weight excluding hydrogens is 276 g/mol. The van der Waals surface area contributed by atoms with Crippen LogP contribution in [0.2, 0.25) is 0 Å². The molecule has 20 heavy (non-hydrogen) atoms. The molecule has 5 nitrogen and oxygen atoms in total. The lowest BCUT2D eigenvalue weighted by molar-refractivity contribution is -0.148. The summed E-state index contributed by atoms with van der Waals surface area (Å²) in [6.07, 6.45) is 2.50. The molecule has 3 unspecified atom stereocenters. The van der Waals surface area contributed by atoms with Gasteiger partial charge in [-0.25, -0.2) is 0 Å². The number of hydrogen-bond acceptors (Lipinski definition) is 4. The van der Waals surface area contributed by atoms with Gasteiger partial charge in [0.2, 0.25) is 11.8 Å². The summed E-state index contributed by atoms with van der Waals surface area (Å²) < 4.78 is 5.62. The van der Waals surface area contributed by atoms with Gasteiger partial charge in [-0.1, -0.05) is 6.92 Å². The molecule has 3 fully saturated rings. The van der Waals surface area contributed by atoms with E-state index in [0.29, 0.717) is 26.1 Å². The molecule has 0 aromatic carbocycles. The van der Waals surface area contributed by atoms with Gasteiger partial charge in [-0.2, -0.15) is 0 Å². The van der Waals surface area contributed by atoms with Gasteiger partial charge in [-0.15, -0.1) is 11.8 Å². The van der Waals surface area contributed by atoms with Crippen LogP contribution >= 0.6 is 11.8 Å². The zero-order valence-corrected chi connectivity index (χ0v) is 12.9. The van der Waals surface area contributed by atoms with E-state index in [1.165, 1.54) is 0 Å². The molecule has 112 valence electrons. The van der Waals surface area contributed by atoms with Crippen LogP contribution in [0.15, 0.2) is 0 Å². The minimum atomic E-state index is -0.268. The van der Waals surface area contributed by atoms with Crippen LogP contribution in [0.25, 0.3) is 0 Å². The quantitative estimate of drug-likeness (QED) is 0.765. The van der Waals surface area contributed by atoms with Crippen LogP contribution in [0.4, 0.5) is 0 Å². The topological polar surface area (TPSA) is 49.9 Å². The maximum atomic E-state index is 12.8. The van der Waals surface area contributed by atoms with E-state index in [0.717, 1.165) is 18.6 Å². The molecule has 0 saturated carbocycles. The van der Waals surface area contributed by atoms with Gasteiger partial charge in [0.25, 0.3) is 0 Å². The number of ether oxygens (including phenoxy) is 1. The summed E-state index contributed by atoms with van der Waals surface area (Å²) in [5, 5.41) is 0. The number of thioether (sulfide) groups is 1. The number of carbonyl (C=O) groups excluding carboxylic acids is 2. The molecule has 3 rings (SSSR count). The zero-order chi connectivity index (χ0) is 14.3. The number of morpholine rings is 1. The van der Waals surface area contributed by atoms with Crippen molar-refractivity contribution in [2.45, 2.75) is 50.1 Å². The number of carbonyl (C=O) groups is 2. The Morgan fingerprint density at radius 1 is 1.55 bits per heavy atom. The van der Waals surface area contributed by atoms with Crippen molar-refractivity contribution in [3.05, 3.63) is 0 Å². The number of hydrogen-bond donors (Lipinski definition) is 0. The van der Waals surface area contributed by atoms with Gasteiger partial charge in [0, 0.05) is 25.3 Å². The molecule has 2 amide bonds. The number of fused-ring (bicyclic) bond motifs is 1. The van der Waals surface area contributed by atoms with E-state index in [-0.39, 0.29) is 28.8 Å². The molecule has 3 aliphatic heterocycles. The summed E-state index contributed by atoms with van der Waals surface area (Å²) in [6, 6.07) is -0.268. The van der Waals surface area contributed by atoms with Gasteiger partial charge in [0.15, 0.2) is 0 Å². The van der Waals surface area contributed by atoms with Gasteiger partial charge in [-0.3, -0.25) is 9.59 Å². The second-order valence-electron chi connectivity index (χ2n) is 5.95. The minimum absolute atomic E-state index is 0.109. The Kier molecular flexibility index (Phi) is 3.71. The number of nitrogens with zero attached hydrogens (tertiary/aromatic N) is 2. The van der Waals surface area contributed by atoms with Crippen molar-refractivity contribution in [3.8, 4) is 0 Å². The third-order valence-corrected chi connectivity index (χ3v) is 6.14. The van der Waals surface area contributed by atoms with E-state index < -0.39 is 0 Å². The molecule has 6 heteroatoms. The lowest BCUT2D eigenvalue weighted by Crippen LogP contribution is -2.55. The number of amides is 2. The minimum Gasteiger partial charge on any atom is -0.375 e. The van der Waals surface area contributed by atoms with Crippen molar-refractivity contribution in [2.75, 3.05) is 25.4 Å². The summed E-state index contributed by atoms with van der Waals surface area (Å²) in [4.78, 5) is 28.4. The lowest BCUT2D eigenvalue weighted by atomic mass is 10.1. The zero-order valence-electron chi connectivity index (χ0n) is 12.1. The summed E-state index contributed by atoms with van der Waals surface area (Å²) in [6.45, 7) is 6.08. The standard InChI is InChI=1S/C14H22N2O3S/c1-3-10-8-15(6-7-19-10)13(18)11-9-20-14(2)5-4-12(17)16(11)14/h10-11H,3-9H2,1-2H3. The molecule has 3 heterocycles. The Morgan fingerprint density at radius 3 is 3.10 bits per heavy atom. The monoisotopic (exact) mass is 298 g/mol. The first-order chi connectivity index (χ1) is 9.55. The Bertz CT molecular complexity index is 431. The second-order valence-corrected chi connectivity index (χ2v) is 7.45. The summed E-state index contributed by atoms with van der Waals surface area (Å²) >= 11 is 1.75. The normalized spacial score (nSPS) is 37.4. The van der Waals surface area contributed by atoms with Crippen molar-refractivity contribution in [1.29, 1.82) is 0 Å². The van der Waals surface area contributed by atoms with Crippen LogP contribution in [-0.4, -0.2) is 64.1 Å². The second kappa shape index (κ2) is 5.22. The van der Waals surface area contributed by atoms with E-state index in [9.17, 15) is 9.59 Å². The molecule has 0 radical (unpaired) electrons. The van der Waals surface area contributed by atoms with Crippen molar-refractivity contribution in [1.82, 2.24) is 9.80 Å². The van der Waals surface area contributed by atoms with Crippen molar-refractivity contribution in [2.24, 2.45) is 0 Å². The summed E-state index contributed by atoms with van der Waals surface area (Å²) in [5.74, 6) is 0.976. The predicted molar refractivity (Wildman–Crippen MR) is 77.3 cm³/mol. The molecule has 0 spiro atoms. The highest BCUT2D eigenvalue weighted by Crippen LogP contribution is 2.47. The van der Waals surface area contributed by atoms with E-state index in [1.54, 1.807) is 11.8 Å². The fraction of sp³-hybridized carbons (Fsp3) is 0.857. The first-order valence-electron chi connectivity index (χ1n) is 7.41. The molecule has 0 aliphatic carbocycles. The molecule has 3 aliphatic rings. The molecule has 3 atom stereocenters. The van der Waals surface area contributed by atoms with Crippen molar-refractivity contribution < 1.29 is 14.3 Å². The lowest BCUT2D eigenvalue weighted by Gasteiger charge is -2.37. The van der Waals surface area contributed by atoms with Gasteiger partial charge in [-0.05, 0) is 19.8 Å². The van der Waals surface area contributed by atoms with Gasteiger partial charge >= 0.3 is 0 Å². The molecule has 3 saturated heterocycles. The largest absolute Gasteiger partial charge is 0.375 e. The van der Waals surface area contributed by atoms with Crippen molar-refractivity contribution >= 4 is 23.6 Å². The fourth-order valence-corrected chi connectivity index (χ4v) is 4.80. The van der Waals surface area contributed by atoms with E-state index in [4.69, 9.17) is 4.74 Å². The van der Waals surface area contributed by atoms with Crippen LogP contribution in [0.1, 0.15) is 33.1 Å². The first kappa shape index (κ1) is 14.2. The maximum Gasteiger partial charge on any atom is 0.246 e. The Balaban J connectivity index is 1.73. The summed E-state index contributed by atoms with van der Waals surface area (Å²) in [7, 11) is 0. The van der Waals surface area contributed by atoms with Gasteiger partial charge in [0.1, 0.15) is 6.04 Å². The molecule has 0 aromatic rings. The van der Waals surface area contributed by atoms with Crippen LogP contribution in [0, 0.1) is 0 Å². The first-order valence-corrected chi connectivity index (χ1v) is 8.40. The molecule has 0 N–H and O–H groups in total. The Labute approximate surface area is 124 Å². The van der Waals surface area contributed by atoms with E-state index in [1.807, 2.05) is 9.80 Å². The molecular formula is C14H22N2O3S. The van der Waals surface area contributed by atoms with Crippen LogP contribution < -0.4 is 0 Å². The Hall–Kier alpha value is -0.750. The third-order valence-electron chi connectivity index (χ3n) is 4.64. The van der Waals surface area contributed by atoms with Crippen LogP contribution in [-0.2, 0) is 14.3 Å². The Morgan fingerprint density at radius 2 is 2.35 bits per heavy atom. The highest BCUT2D eigenvalue weighted by Gasteiger charge is 2.53.